The Balaban J connectivity index is 1.69. The maximum absolute atomic E-state index is 12.5. The van der Waals surface area contributed by atoms with Crippen molar-refractivity contribution in [3.05, 3.63) is 95.8 Å². The van der Waals surface area contributed by atoms with Crippen LogP contribution in [0.4, 0.5) is 0 Å². The number of carbonyl (C=O) groups excluding carboxylic acids is 1. The van der Waals surface area contributed by atoms with Crippen LogP contribution < -0.4 is 5.32 Å². The molecule has 1 heterocycles. The maximum atomic E-state index is 12.5. The zero-order chi connectivity index (χ0) is 17.5. The van der Waals surface area contributed by atoms with Gasteiger partial charge in [-0.15, -0.1) is 11.8 Å². The van der Waals surface area contributed by atoms with Crippen molar-refractivity contribution in [3.8, 4) is 0 Å². The molecule has 0 aliphatic heterocycles. The Labute approximate surface area is 152 Å². The zero-order valence-corrected chi connectivity index (χ0v) is 14.9. The van der Waals surface area contributed by atoms with Crippen LogP contribution in [-0.2, 0) is 4.79 Å². The highest BCUT2D eigenvalue weighted by Gasteiger charge is 2.17. The van der Waals surface area contributed by atoms with Gasteiger partial charge in [0.2, 0.25) is 5.91 Å². The summed E-state index contributed by atoms with van der Waals surface area (Å²) < 4.78 is 0. The van der Waals surface area contributed by atoms with E-state index >= 15 is 0 Å². The number of hydrogen-bond donors (Lipinski definition) is 1. The number of amides is 1. The van der Waals surface area contributed by atoms with Gasteiger partial charge in [0, 0.05) is 11.1 Å². The molecule has 0 aliphatic rings. The Morgan fingerprint density at radius 2 is 1.72 bits per heavy atom. The van der Waals surface area contributed by atoms with Crippen molar-refractivity contribution in [2.45, 2.75) is 17.9 Å². The number of pyridine rings is 1. The van der Waals surface area contributed by atoms with Gasteiger partial charge < -0.3 is 5.32 Å². The molecule has 0 spiro atoms. The number of benzene rings is 2. The average molecular weight is 348 g/mol. The lowest BCUT2D eigenvalue weighted by Crippen LogP contribution is -2.31. The van der Waals surface area contributed by atoms with E-state index in [1.54, 1.807) is 6.20 Å². The van der Waals surface area contributed by atoms with Gasteiger partial charge >= 0.3 is 0 Å². The van der Waals surface area contributed by atoms with Crippen molar-refractivity contribution in [1.82, 2.24) is 10.3 Å². The zero-order valence-electron chi connectivity index (χ0n) is 14.1. The lowest BCUT2D eigenvalue weighted by molar-refractivity contribution is -0.119. The van der Waals surface area contributed by atoms with E-state index in [9.17, 15) is 4.79 Å². The Bertz CT molecular complexity index is 765. The first-order valence-corrected chi connectivity index (χ1v) is 9.15. The maximum Gasteiger partial charge on any atom is 0.231 e. The van der Waals surface area contributed by atoms with Crippen LogP contribution in [0.25, 0.3) is 0 Å². The Morgan fingerprint density at radius 3 is 2.40 bits per heavy atom. The molecule has 0 saturated heterocycles. The molecule has 25 heavy (non-hydrogen) atoms. The number of nitrogens with zero attached hydrogens (tertiary/aromatic N) is 1. The van der Waals surface area contributed by atoms with E-state index in [0.29, 0.717) is 5.75 Å². The summed E-state index contributed by atoms with van der Waals surface area (Å²) in [4.78, 5) is 18.0. The number of aromatic nitrogens is 1. The van der Waals surface area contributed by atoms with Gasteiger partial charge in [0.25, 0.3) is 0 Å². The van der Waals surface area contributed by atoms with Crippen LogP contribution in [0.3, 0.4) is 0 Å². The number of thioether (sulfide) groups is 1. The smallest absolute Gasteiger partial charge is 0.231 e. The summed E-state index contributed by atoms with van der Waals surface area (Å²) in [5.41, 5.74) is 3.07. The number of hydrogen-bond acceptors (Lipinski definition) is 3. The van der Waals surface area contributed by atoms with Gasteiger partial charge in [0.1, 0.15) is 0 Å². The summed E-state index contributed by atoms with van der Waals surface area (Å²) in [7, 11) is 0. The third kappa shape index (κ3) is 4.94. The van der Waals surface area contributed by atoms with Crippen LogP contribution in [0.15, 0.2) is 83.9 Å². The van der Waals surface area contributed by atoms with Crippen LogP contribution in [-0.4, -0.2) is 16.6 Å². The predicted molar refractivity (Wildman–Crippen MR) is 103 cm³/mol. The van der Waals surface area contributed by atoms with E-state index in [4.69, 9.17) is 0 Å². The van der Waals surface area contributed by atoms with Gasteiger partial charge in [-0.1, -0.05) is 54.1 Å². The molecule has 1 aromatic heterocycles. The van der Waals surface area contributed by atoms with Crippen LogP contribution in [0, 0.1) is 6.92 Å². The highest BCUT2D eigenvalue weighted by molar-refractivity contribution is 8.00. The number of carbonyl (C=O) groups is 1. The first kappa shape index (κ1) is 17.2. The summed E-state index contributed by atoms with van der Waals surface area (Å²) in [5.74, 6) is 0.365. The number of nitrogens with one attached hydrogen (secondary N) is 1. The summed E-state index contributed by atoms with van der Waals surface area (Å²) in [6, 6.07) is 23.6. The SMILES string of the molecule is Cc1ccc(SCC(=O)N[C@H](c2ccccc2)c2ccccn2)cc1. The largest absolute Gasteiger partial charge is 0.343 e. The molecule has 1 atom stereocenters. The minimum Gasteiger partial charge on any atom is -0.343 e. The fourth-order valence-corrected chi connectivity index (χ4v) is 3.22. The van der Waals surface area contributed by atoms with Crippen molar-refractivity contribution >= 4 is 17.7 Å². The van der Waals surface area contributed by atoms with Crippen molar-refractivity contribution in [1.29, 1.82) is 0 Å². The van der Waals surface area contributed by atoms with Crippen molar-refractivity contribution in [3.63, 3.8) is 0 Å². The van der Waals surface area contributed by atoms with Gasteiger partial charge in [-0.25, -0.2) is 0 Å². The average Bonchev–Trinajstić information content (AvgIpc) is 2.67. The van der Waals surface area contributed by atoms with Gasteiger partial charge in [-0.3, -0.25) is 9.78 Å². The molecule has 0 radical (unpaired) electrons. The van der Waals surface area contributed by atoms with Crippen LogP contribution in [0.2, 0.25) is 0 Å². The first-order valence-electron chi connectivity index (χ1n) is 8.17. The molecular formula is C21H20N2OS. The molecule has 4 heteroatoms. The predicted octanol–water partition coefficient (Wildman–Crippen LogP) is 4.39. The Morgan fingerprint density at radius 1 is 1.00 bits per heavy atom. The standard InChI is InChI=1S/C21H20N2OS/c1-16-10-12-18(13-11-16)25-15-20(24)23-21(17-7-3-2-4-8-17)19-9-5-6-14-22-19/h2-14,21H,15H2,1H3,(H,23,24)/t21-/m1/s1. The van der Waals surface area contributed by atoms with E-state index in [1.807, 2.05) is 60.7 Å². The van der Waals surface area contributed by atoms with Gasteiger partial charge in [0.15, 0.2) is 0 Å². The fourth-order valence-electron chi connectivity index (χ4n) is 2.51. The molecule has 3 rings (SSSR count). The van der Waals surface area contributed by atoms with E-state index < -0.39 is 0 Å². The second-order valence-corrected chi connectivity index (χ2v) is 6.82. The molecule has 0 fully saturated rings. The van der Waals surface area contributed by atoms with Crippen molar-refractivity contribution < 1.29 is 4.79 Å². The minimum atomic E-state index is -0.242. The molecule has 2 aromatic carbocycles. The van der Waals surface area contributed by atoms with Gasteiger partial charge in [-0.2, -0.15) is 0 Å². The molecule has 1 N–H and O–H groups in total. The third-order valence-electron chi connectivity index (χ3n) is 3.81. The topological polar surface area (TPSA) is 42.0 Å². The molecule has 126 valence electrons. The molecule has 0 aliphatic carbocycles. The molecule has 0 saturated carbocycles. The molecular weight excluding hydrogens is 328 g/mol. The second kappa shape index (κ2) is 8.49. The molecule has 0 unspecified atom stereocenters. The van der Waals surface area contributed by atoms with E-state index in [-0.39, 0.29) is 11.9 Å². The van der Waals surface area contributed by atoms with E-state index in [1.165, 1.54) is 17.3 Å². The van der Waals surface area contributed by atoms with Crippen LogP contribution in [0.5, 0.6) is 0 Å². The summed E-state index contributed by atoms with van der Waals surface area (Å²) in [5, 5.41) is 3.11. The van der Waals surface area contributed by atoms with Gasteiger partial charge in [0.05, 0.1) is 17.5 Å². The quantitative estimate of drug-likeness (QED) is 0.672. The monoisotopic (exact) mass is 348 g/mol. The Kier molecular flexibility index (Phi) is 5.86. The van der Waals surface area contributed by atoms with Crippen molar-refractivity contribution in [2.24, 2.45) is 0 Å². The summed E-state index contributed by atoms with van der Waals surface area (Å²) >= 11 is 1.54. The van der Waals surface area contributed by atoms with Crippen molar-refractivity contribution in [2.75, 3.05) is 5.75 Å². The highest BCUT2D eigenvalue weighted by atomic mass is 32.2. The normalized spacial score (nSPS) is 11.7. The molecule has 1 amide bonds. The third-order valence-corrected chi connectivity index (χ3v) is 4.82. The van der Waals surface area contributed by atoms with Gasteiger partial charge in [-0.05, 0) is 36.8 Å². The summed E-state index contributed by atoms with van der Waals surface area (Å²) in [6.45, 7) is 2.05. The molecule has 3 aromatic rings. The number of aryl methyl sites for hydroxylation is 1. The fraction of sp³-hybridized carbons (Fsp3) is 0.143. The van der Waals surface area contributed by atoms with E-state index in [2.05, 4.69) is 29.4 Å². The van der Waals surface area contributed by atoms with E-state index in [0.717, 1.165) is 16.2 Å². The van der Waals surface area contributed by atoms with Crippen LogP contribution >= 0.6 is 11.8 Å². The first-order chi connectivity index (χ1) is 12.2. The minimum absolute atomic E-state index is 0.00918. The highest BCUT2D eigenvalue weighted by Crippen LogP contribution is 2.22. The lowest BCUT2D eigenvalue weighted by atomic mass is 10.0. The second-order valence-electron chi connectivity index (χ2n) is 5.77. The Hall–Kier alpha value is -2.59. The molecule has 0 bridgehead atoms. The van der Waals surface area contributed by atoms with Crippen LogP contribution in [0.1, 0.15) is 22.9 Å². The molecule has 3 nitrogen and oxygen atoms in total. The number of rotatable bonds is 6. The lowest BCUT2D eigenvalue weighted by Gasteiger charge is -2.18. The summed E-state index contributed by atoms with van der Waals surface area (Å²) in [6.07, 6.45) is 1.75.